The van der Waals surface area contributed by atoms with Gasteiger partial charge in [-0.3, -0.25) is 24.0 Å². The molecule has 0 aliphatic carbocycles. The summed E-state index contributed by atoms with van der Waals surface area (Å²) in [6.45, 7) is 0. The Hall–Kier alpha value is -2.98. The van der Waals surface area contributed by atoms with Gasteiger partial charge in [0, 0.05) is 32.1 Å². The highest BCUT2D eigenvalue weighted by Crippen LogP contribution is 2.18. The number of hydrogen-bond donors (Lipinski definition) is 3. The molecule has 1 atom stereocenters. The van der Waals surface area contributed by atoms with Crippen LogP contribution in [0.25, 0.3) is 0 Å². The lowest BCUT2D eigenvalue weighted by Crippen LogP contribution is -2.27. The van der Waals surface area contributed by atoms with Crippen molar-refractivity contribution in [2.75, 3.05) is 0 Å². The van der Waals surface area contributed by atoms with Gasteiger partial charge in [-0.05, 0) is 44.9 Å². The smallest absolute Gasteiger partial charge is 0.345 e. The second-order valence-electron chi connectivity index (χ2n) is 17.6. The summed E-state index contributed by atoms with van der Waals surface area (Å²) in [5, 5.41) is 26.8. The van der Waals surface area contributed by atoms with Crippen molar-refractivity contribution in [2.24, 2.45) is 0 Å². The summed E-state index contributed by atoms with van der Waals surface area (Å²) < 4.78 is 10.3. The van der Waals surface area contributed by atoms with Crippen molar-refractivity contribution in [3.63, 3.8) is 0 Å². The molecule has 0 aliphatic rings. The van der Waals surface area contributed by atoms with E-state index in [0.29, 0.717) is 19.3 Å². The SMILES string of the molecule is O=C(O)CCCCCCCCCCCCC(=O)OC(=O)CCCCCCCCCCCCCCCCCCCCC(=O)OC(CCCCCCCCCCCC(=O)O)C(=O)O. The Bertz CT molecular complexity index is 1090. The van der Waals surface area contributed by atoms with Crippen LogP contribution in [0, 0.1) is 0 Å². The number of rotatable bonds is 48. The van der Waals surface area contributed by atoms with Crippen LogP contribution in [0.5, 0.6) is 0 Å². The predicted octanol–water partition coefficient (Wildman–Crippen LogP) is 14.0. The van der Waals surface area contributed by atoms with Crippen molar-refractivity contribution >= 4 is 35.8 Å². The monoisotopic (exact) mass is 867 g/mol. The number of carboxylic acid groups (broad SMARTS) is 3. The standard InChI is InChI=1S/C50H90O11/c51-45(52)39-33-27-21-15-11-12-19-25-31-37-43-49(57)61-48(56)42-36-30-24-18-10-8-6-4-2-1-3-5-7-9-17-23-29-35-41-47(55)60-44(50(58)59)38-32-26-20-14-13-16-22-28-34-40-46(53)54/h44H,1-43H2,(H,51,52)(H,53,54)(H,58,59). The van der Waals surface area contributed by atoms with E-state index in [1.165, 1.54) is 89.9 Å². The van der Waals surface area contributed by atoms with Crippen LogP contribution in [0.2, 0.25) is 0 Å². The largest absolute Gasteiger partial charge is 0.481 e. The van der Waals surface area contributed by atoms with Crippen molar-refractivity contribution in [3.05, 3.63) is 0 Å². The highest BCUT2D eigenvalue weighted by atomic mass is 16.6. The third-order valence-corrected chi connectivity index (χ3v) is 11.7. The predicted molar refractivity (Wildman–Crippen MR) is 242 cm³/mol. The van der Waals surface area contributed by atoms with Gasteiger partial charge in [-0.25, -0.2) is 4.79 Å². The Kier molecular flexibility index (Phi) is 42.9. The van der Waals surface area contributed by atoms with Crippen molar-refractivity contribution in [1.82, 2.24) is 0 Å². The fourth-order valence-electron chi connectivity index (χ4n) is 7.85. The number of carbonyl (C=O) groups excluding carboxylic acids is 3. The average molecular weight is 867 g/mol. The molecule has 0 aromatic rings. The van der Waals surface area contributed by atoms with Gasteiger partial charge < -0.3 is 24.8 Å². The van der Waals surface area contributed by atoms with E-state index in [1.54, 1.807) is 0 Å². The van der Waals surface area contributed by atoms with Gasteiger partial charge in [0.2, 0.25) is 0 Å². The Morgan fingerprint density at radius 1 is 0.279 bits per heavy atom. The molecule has 11 nitrogen and oxygen atoms in total. The zero-order valence-corrected chi connectivity index (χ0v) is 38.6. The lowest BCUT2D eigenvalue weighted by Gasteiger charge is -2.13. The van der Waals surface area contributed by atoms with Gasteiger partial charge in [0.05, 0.1) is 0 Å². The maximum absolute atomic E-state index is 12.2. The second-order valence-corrected chi connectivity index (χ2v) is 17.6. The molecule has 0 bridgehead atoms. The zero-order chi connectivity index (χ0) is 44.9. The first-order valence-electron chi connectivity index (χ1n) is 25.2. The highest BCUT2D eigenvalue weighted by Gasteiger charge is 2.21. The third kappa shape index (κ3) is 46.4. The van der Waals surface area contributed by atoms with Gasteiger partial charge in [-0.2, -0.15) is 0 Å². The number of ether oxygens (including phenoxy) is 2. The summed E-state index contributed by atoms with van der Waals surface area (Å²) in [6, 6.07) is 0. The summed E-state index contributed by atoms with van der Waals surface area (Å²) in [4.78, 5) is 68.8. The fraction of sp³-hybridized carbons (Fsp3) is 0.880. The molecule has 1 unspecified atom stereocenters. The van der Waals surface area contributed by atoms with Crippen molar-refractivity contribution in [1.29, 1.82) is 0 Å². The van der Waals surface area contributed by atoms with E-state index in [0.717, 1.165) is 148 Å². The minimum atomic E-state index is -1.06. The van der Waals surface area contributed by atoms with Gasteiger partial charge in [0.25, 0.3) is 0 Å². The number of carbonyl (C=O) groups is 6. The van der Waals surface area contributed by atoms with Crippen LogP contribution in [0.1, 0.15) is 276 Å². The molecule has 11 heteroatoms. The molecule has 356 valence electrons. The summed E-state index contributed by atoms with van der Waals surface area (Å²) in [7, 11) is 0. The van der Waals surface area contributed by atoms with Gasteiger partial charge in [-0.15, -0.1) is 0 Å². The maximum Gasteiger partial charge on any atom is 0.345 e. The van der Waals surface area contributed by atoms with Crippen LogP contribution in [-0.2, 0) is 38.2 Å². The fourth-order valence-corrected chi connectivity index (χ4v) is 7.85. The Morgan fingerprint density at radius 2 is 0.492 bits per heavy atom. The number of hydrogen-bond acceptors (Lipinski definition) is 8. The molecule has 0 aromatic heterocycles. The third-order valence-electron chi connectivity index (χ3n) is 11.7. The molecule has 0 amide bonds. The minimum absolute atomic E-state index is 0.245. The lowest BCUT2D eigenvalue weighted by atomic mass is 10.0. The Morgan fingerprint density at radius 3 is 0.738 bits per heavy atom. The van der Waals surface area contributed by atoms with Crippen molar-refractivity contribution in [3.8, 4) is 0 Å². The van der Waals surface area contributed by atoms with Crippen molar-refractivity contribution in [2.45, 2.75) is 282 Å². The first-order chi connectivity index (χ1) is 29.6. The normalized spacial score (nSPS) is 11.7. The van der Waals surface area contributed by atoms with E-state index < -0.39 is 36.0 Å². The van der Waals surface area contributed by atoms with Crippen molar-refractivity contribution < 1.29 is 53.6 Å². The summed E-state index contributed by atoms with van der Waals surface area (Å²) in [5.41, 5.74) is 0. The summed E-state index contributed by atoms with van der Waals surface area (Å²) in [5.74, 6) is -3.69. The molecular formula is C50H90O11. The minimum Gasteiger partial charge on any atom is -0.481 e. The molecule has 0 rings (SSSR count). The van der Waals surface area contributed by atoms with Gasteiger partial charge >= 0.3 is 35.8 Å². The number of esters is 3. The van der Waals surface area contributed by atoms with Gasteiger partial charge in [0.15, 0.2) is 6.10 Å². The van der Waals surface area contributed by atoms with Crippen LogP contribution in [0.15, 0.2) is 0 Å². The lowest BCUT2D eigenvalue weighted by molar-refractivity contribution is -0.164. The average Bonchev–Trinajstić information content (AvgIpc) is 3.21. The molecule has 0 heterocycles. The Labute approximate surface area is 370 Å². The second kappa shape index (κ2) is 45.1. The molecule has 3 N–H and O–H groups in total. The Balaban J connectivity index is 3.45. The summed E-state index contributed by atoms with van der Waals surface area (Å²) in [6.07, 6.45) is 40.7. The molecule has 0 saturated heterocycles. The molecule has 61 heavy (non-hydrogen) atoms. The first kappa shape index (κ1) is 58.0. The number of carboxylic acids is 3. The first-order valence-corrected chi connectivity index (χ1v) is 25.2. The van der Waals surface area contributed by atoms with E-state index in [4.69, 9.17) is 19.7 Å². The number of aliphatic carboxylic acids is 3. The van der Waals surface area contributed by atoms with E-state index in [2.05, 4.69) is 0 Å². The molecule has 0 spiro atoms. The number of unbranched alkanes of at least 4 members (excludes halogenated alkanes) is 34. The molecule has 0 aromatic carbocycles. The highest BCUT2D eigenvalue weighted by molar-refractivity contribution is 5.85. The van der Waals surface area contributed by atoms with Crippen LogP contribution in [0.4, 0.5) is 0 Å². The topological polar surface area (TPSA) is 182 Å². The molecule has 0 radical (unpaired) electrons. The van der Waals surface area contributed by atoms with Crippen LogP contribution in [0.3, 0.4) is 0 Å². The van der Waals surface area contributed by atoms with Gasteiger partial charge in [-0.1, -0.05) is 199 Å². The van der Waals surface area contributed by atoms with E-state index in [9.17, 15) is 33.9 Å². The molecule has 0 fully saturated rings. The quantitative estimate of drug-likeness (QED) is 0.0301. The van der Waals surface area contributed by atoms with Crippen LogP contribution >= 0.6 is 0 Å². The van der Waals surface area contributed by atoms with Gasteiger partial charge in [0.1, 0.15) is 0 Å². The van der Waals surface area contributed by atoms with Crippen LogP contribution < -0.4 is 0 Å². The van der Waals surface area contributed by atoms with Crippen LogP contribution in [-0.4, -0.2) is 57.2 Å². The molecule has 0 saturated carbocycles. The molecular weight excluding hydrogens is 777 g/mol. The maximum atomic E-state index is 12.2. The molecule has 0 aliphatic heterocycles. The summed E-state index contributed by atoms with van der Waals surface area (Å²) >= 11 is 0. The zero-order valence-electron chi connectivity index (χ0n) is 38.6. The van der Waals surface area contributed by atoms with E-state index in [1.807, 2.05) is 0 Å². The van der Waals surface area contributed by atoms with E-state index in [-0.39, 0.29) is 25.2 Å². The van der Waals surface area contributed by atoms with E-state index >= 15 is 0 Å².